The highest BCUT2D eigenvalue weighted by Gasteiger charge is 2.02. The molecule has 0 saturated heterocycles. The Morgan fingerprint density at radius 2 is 2.08 bits per heavy atom. The first-order chi connectivity index (χ1) is 6.13. The van der Waals surface area contributed by atoms with Crippen molar-refractivity contribution in [2.75, 3.05) is 0 Å². The van der Waals surface area contributed by atoms with Crippen LogP contribution in [0.5, 0.6) is 0 Å². The lowest BCUT2D eigenvalue weighted by atomic mass is 9.99. The number of aryl methyl sites for hydroxylation is 1. The first kappa shape index (κ1) is 11.0. The summed E-state index contributed by atoms with van der Waals surface area (Å²) in [5.74, 6) is 0.394. The molecule has 13 heavy (non-hydrogen) atoms. The molecule has 1 aromatic carbocycles. The van der Waals surface area contributed by atoms with Gasteiger partial charge in [-0.2, -0.15) is 0 Å². The van der Waals surface area contributed by atoms with Crippen molar-refractivity contribution in [3.63, 3.8) is 0 Å². The molecule has 0 aliphatic carbocycles. The van der Waals surface area contributed by atoms with Crippen LogP contribution in [-0.2, 0) is 6.42 Å². The van der Waals surface area contributed by atoms with E-state index >= 15 is 0 Å². The fraction of sp³-hybridized carbons (Fsp3) is 0.417. The third-order valence-corrected chi connectivity index (χ3v) is 2.71. The van der Waals surface area contributed by atoms with Crippen LogP contribution < -0.4 is 0 Å². The second-order valence-corrected chi connectivity index (χ2v) is 4.79. The Morgan fingerprint density at radius 1 is 1.38 bits per heavy atom. The summed E-state index contributed by atoms with van der Waals surface area (Å²) in [6.07, 6.45) is 2.39. The molecule has 0 N–H and O–H groups in total. The fourth-order valence-electron chi connectivity index (χ4n) is 1.39. The Hall–Kier alpha value is -0.0500. The van der Waals surface area contributed by atoms with Crippen LogP contribution in [-0.4, -0.2) is 0 Å². The van der Waals surface area contributed by atoms with Crippen LogP contribution in [0.1, 0.15) is 37.3 Å². The summed E-state index contributed by atoms with van der Waals surface area (Å²) in [5.41, 5.74) is 2.80. The van der Waals surface area contributed by atoms with Crippen LogP contribution in [0.4, 0.5) is 0 Å². The lowest BCUT2D eigenvalue weighted by Gasteiger charge is -2.08. The Kier molecular flexibility index (Phi) is 4.23. The van der Waals surface area contributed by atoms with Crippen molar-refractivity contribution < 1.29 is 0 Å². The molecule has 0 heterocycles. The van der Waals surface area contributed by atoms with Gasteiger partial charge in [0.15, 0.2) is 0 Å². The standard InChI is InChI=1S/C12H16I/c1-4-5-10-6-11(9(2)3)8-12(13)7-10/h6-9H,2,4-5H2,1,3H3. The highest BCUT2D eigenvalue weighted by atomic mass is 127. The number of hydrogen-bond acceptors (Lipinski definition) is 0. The molecule has 0 fully saturated rings. The maximum atomic E-state index is 4.05. The monoisotopic (exact) mass is 287 g/mol. The molecule has 1 aromatic rings. The minimum atomic E-state index is 0.394. The van der Waals surface area contributed by atoms with Crippen molar-refractivity contribution >= 4 is 22.6 Å². The second kappa shape index (κ2) is 4.99. The van der Waals surface area contributed by atoms with E-state index in [0.29, 0.717) is 5.92 Å². The predicted octanol–water partition coefficient (Wildman–Crippen LogP) is 4.18. The molecule has 0 aliphatic heterocycles. The van der Waals surface area contributed by atoms with Gasteiger partial charge in [-0.3, -0.25) is 0 Å². The molecular formula is C12H16I. The van der Waals surface area contributed by atoms with E-state index in [2.05, 4.69) is 61.6 Å². The van der Waals surface area contributed by atoms with Gasteiger partial charge in [0.2, 0.25) is 0 Å². The summed E-state index contributed by atoms with van der Waals surface area (Å²) < 4.78 is 1.33. The molecular weight excluding hydrogens is 271 g/mol. The Balaban J connectivity index is 2.96. The number of benzene rings is 1. The average molecular weight is 287 g/mol. The molecule has 0 aliphatic rings. The summed E-state index contributed by atoms with van der Waals surface area (Å²) in [5, 5.41) is 0. The first-order valence-corrected chi connectivity index (χ1v) is 5.83. The van der Waals surface area contributed by atoms with E-state index in [4.69, 9.17) is 0 Å². The van der Waals surface area contributed by atoms with E-state index in [-0.39, 0.29) is 0 Å². The average Bonchev–Trinajstić information content (AvgIpc) is 2.03. The van der Waals surface area contributed by atoms with Crippen LogP contribution in [0.15, 0.2) is 18.2 Å². The molecule has 1 unspecified atom stereocenters. The maximum absolute atomic E-state index is 4.05. The molecule has 0 bridgehead atoms. The first-order valence-electron chi connectivity index (χ1n) is 4.76. The number of rotatable bonds is 3. The molecule has 1 rings (SSSR count). The van der Waals surface area contributed by atoms with Gasteiger partial charge in [0.1, 0.15) is 0 Å². The van der Waals surface area contributed by atoms with Gasteiger partial charge in [-0.25, -0.2) is 0 Å². The highest BCUT2D eigenvalue weighted by molar-refractivity contribution is 14.1. The summed E-state index contributed by atoms with van der Waals surface area (Å²) in [7, 11) is 0. The summed E-state index contributed by atoms with van der Waals surface area (Å²) in [6.45, 7) is 8.40. The topological polar surface area (TPSA) is 0 Å². The zero-order valence-electron chi connectivity index (χ0n) is 8.31. The van der Waals surface area contributed by atoms with E-state index in [1.54, 1.807) is 0 Å². The molecule has 0 saturated carbocycles. The quantitative estimate of drug-likeness (QED) is 0.731. The van der Waals surface area contributed by atoms with Gasteiger partial charge >= 0.3 is 0 Å². The van der Waals surface area contributed by atoms with Gasteiger partial charge in [-0.15, -0.1) is 0 Å². The molecule has 1 atom stereocenters. The molecule has 0 amide bonds. The normalized spacial score (nSPS) is 10.8. The predicted molar refractivity (Wildman–Crippen MR) is 66.9 cm³/mol. The van der Waals surface area contributed by atoms with Crippen LogP contribution in [0, 0.1) is 10.5 Å². The lowest BCUT2D eigenvalue weighted by Crippen LogP contribution is -1.92. The summed E-state index contributed by atoms with van der Waals surface area (Å²) >= 11 is 2.38. The maximum Gasteiger partial charge on any atom is 0.0135 e. The second-order valence-electron chi connectivity index (χ2n) is 3.54. The minimum Gasteiger partial charge on any atom is -0.0651 e. The van der Waals surface area contributed by atoms with Gasteiger partial charge in [0.05, 0.1) is 0 Å². The van der Waals surface area contributed by atoms with Crippen LogP contribution >= 0.6 is 22.6 Å². The van der Waals surface area contributed by atoms with Crippen molar-refractivity contribution in [1.82, 2.24) is 0 Å². The SMILES string of the molecule is [CH2]C(C)c1cc(I)cc(CCC)c1. The Bertz CT molecular complexity index is 276. The lowest BCUT2D eigenvalue weighted by molar-refractivity contribution is 0.902. The van der Waals surface area contributed by atoms with E-state index < -0.39 is 0 Å². The number of halogens is 1. The molecule has 0 nitrogen and oxygen atoms in total. The van der Waals surface area contributed by atoms with Gasteiger partial charge in [0.25, 0.3) is 0 Å². The summed E-state index contributed by atoms with van der Waals surface area (Å²) in [4.78, 5) is 0. The zero-order valence-corrected chi connectivity index (χ0v) is 10.5. The molecule has 0 aromatic heterocycles. The van der Waals surface area contributed by atoms with E-state index in [0.717, 1.165) is 0 Å². The largest absolute Gasteiger partial charge is 0.0651 e. The van der Waals surface area contributed by atoms with Gasteiger partial charge in [-0.05, 0) is 65.1 Å². The Morgan fingerprint density at radius 3 is 2.62 bits per heavy atom. The van der Waals surface area contributed by atoms with Crippen molar-refractivity contribution in [1.29, 1.82) is 0 Å². The van der Waals surface area contributed by atoms with Crippen molar-refractivity contribution in [3.8, 4) is 0 Å². The van der Waals surface area contributed by atoms with Gasteiger partial charge in [-0.1, -0.05) is 26.3 Å². The van der Waals surface area contributed by atoms with E-state index in [1.807, 2.05) is 0 Å². The van der Waals surface area contributed by atoms with Crippen LogP contribution in [0.2, 0.25) is 0 Å². The van der Waals surface area contributed by atoms with E-state index in [1.165, 1.54) is 27.5 Å². The number of hydrogen-bond donors (Lipinski definition) is 0. The molecule has 1 radical (unpaired) electrons. The summed E-state index contributed by atoms with van der Waals surface area (Å²) in [6, 6.07) is 6.76. The van der Waals surface area contributed by atoms with E-state index in [9.17, 15) is 0 Å². The molecule has 0 spiro atoms. The smallest absolute Gasteiger partial charge is 0.0135 e. The van der Waals surface area contributed by atoms with Gasteiger partial charge < -0.3 is 0 Å². The van der Waals surface area contributed by atoms with Gasteiger partial charge in [0, 0.05) is 3.57 Å². The third-order valence-electron chi connectivity index (χ3n) is 2.09. The van der Waals surface area contributed by atoms with Crippen LogP contribution in [0.3, 0.4) is 0 Å². The molecule has 1 heteroatoms. The van der Waals surface area contributed by atoms with Crippen molar-refractivity contribution in [2.24, 2.45) is 0 Å². The van der Waals surface area contributed by atoms with Crippen molar-refractivity contribution in [2.45, 2.75) is 32.6 Å². The third kappa shape index (κ3) is 3.29. The molecule has 71 valence electrons. The zero-order chi connectivity index (χ0) is 9.84. The van der Waals surface area contributed by atoms with Crippen molar-refractivity contribution in [3.05, 3.63) is 39.8 Å². The minimum absolute atomic E-state index is 0.394. The Labute approximate surface area is 94.9 Å². The van der Waals surface area contributed by atoms with Crippen LogP contribution in [0.25, 0.3) is 0 Å². The fourth-order valence-corrected chi connectivity index (χ4v) is 2.15. The highest BCUT2D eigenvalue weighted by Crippen LogP contribution is 2.20.